The molecule has 0 bridgehead atoms. The molecule has 2 N–H and O–H groups in total. The van der Waals surface area contributed by atoms with Crippen LogP contribution in [0.25, 0.3) is 0 Å². The van der Waals surface area contributed by atoms with Gasteiger partial charge in [-0.25, -0.2) is 4.39 Å². The largest absolute Gasteiger partial charge is 0.491 e. The van der Waals surface area contributed by atoms with Gasteiger partial charge in [0.25, 0.3) is 0 Å². The Morgan fingerprint density at radius 1 is 1.19 bits per heavy atom. The maximum absolute atomic E-state index is 12.9. The molecule has 1 aromatic rings. The number of unbranched alkanes of at least 4 members (excludes halogenated alkanes) is 4. The molecule has 1 aromatic carbocycles. The molecule has 90 valence electrons. The Balaban J connectivity index is 2.23. The van der Waals surface area contributed by atoms with Gasteiger partial charge in [0, 0.05) is 6.07 Å². The number of benzene rings is 1. The summed E-state index contributed by atoms with van der Waals surface area (Å²) in [7, 11) is 0. The van der Waals surface area contributed by atoms with Crippen molar-refractivity contribution in [3.05, 3.63) is 24.0 Å². The van der Waals surface area contributed by atoms with E-state index in [1.54, 1.807) is 0 Å². The second-order valence-corrected chi connectivity index (χ2v) is 3.94. The summed E-state index contributed by atoms with van der Waals surface area (Å²) in [4.78, 5) is 0. The topological polar surface area (TPSA) is 35.2 Å². The molecule has 0 aliphatic heterocycles. The van der Waals surface area contributed by atoms with Gasteiger partial charge in [-0.3, -0.25) is 0 Å². The highest BCUT2D eigenvalue weighted by Crippen LogP contribution is 2.22. The number of ether oxygens (including phenoxy) is 1. The lowest BCUT2D eigenvalue weighted by Crippen LogP contribution is -2.00. The average molecular weight is 225 g/mol. The van der Waals surface area contributed by atoms with Gasteiger partial charge in [0.2, 0.25) is 0 Å². The van der Waals surface area contributed by atoms with E-state index in [-0.39, 0.29) is 5.82 Å². The number of hydrogen-bond acceptors (Lipinski definition) is 2. The van der Waals surface area contributed by atoms with Crippen LogP contribution >= 0.6 is 0 Å². The Labute approximate surface area is 96.6 Å². The summed E-state index contributed by atoms with van der Waals surface area (Å²) in [6.07, 6.45) is 5.89. The summed E-state index contributed by atoms with van der Waals surface area (Å²) in [6.45, 7) is 2.79. The molecular formula is C13H20FNO. The smallest absolute Gasteiger partial charge is 0.145 e. The van der Waals surface area contributed by atoms with Gasteiger partial charge in [0.1, 0.15) is 11.6 Å². The van der Waals surface area contributed by atoms with Crippen molar-refractivity contribution in [3.63, 3.8) is 0 Å². The molecule has 0 radical (unpaired) electrons. The van der Waals surface area contributed by atoms with E-state index < -0.39 is 0 Å². The fourth-order valence-corrected chi connectivity index (χ4v) is 1.52. The zero-order chi connectivity index (χ0) is 11.8. The first kappa shape index (κ1) is 12.8. The van der Waals surface area contributed by atoms with E-state index in [4.69, 9.17) is 10.5 Å². The van der Waals surface area contributed by atoms with Crippen molar-refractivity contribution < 1.29 is 9.13 Å². The summed E-state index contributed by atoms with van der Waals surface area (Å²) < 4.78 is 18.3. The zero-order valence-electron chi connectivity index (χ0n) is 9.84. The van der Waals surface area contributed by atoms with Crippen molar-refractivity contribution in [2.75, 3.05) is 12.3 Å². The average Bonchev–Trinajstić information content (AvgIpc) is 2.28. The lowest BCUT2D eigenvalue weighted by molar-refractivity contribution is 0.304. The Hall–Kier alpha value is -1.25. The third-order valence-corrected chi connectivity index (χ3v) is 2.48. The molecule has 0 saturated heterocycles. The quantitative estimate of drug-likeness (QED) is 0.566. The number of hydrogen-bond donors (Lipinski definition) is 1. The molecule has 0 aliphatic carbocycles. The molecule has 0 saturated carbocycles. The predicted octanol–water partition coefficient (Wildman–Crippen LogP) is 3.76. The van der Waals surface area contributed by atoms with Gasteiger partial charge >= 0.3 is 0 Å². The normalized spacial score (nSPS) is 10.4. The van der Waals surface area contributed by atoms with Crippen molar-refractivity contribution in [1.82, 2.24) is 0 Å². The van der Waals surface area contributed by atoms with Crippen LogP contribution in [0.15, 0.2) is 18.2 Å². The van der Waals surface area contributed by atoms with Crippen LogP contribution in [0.4, 0.5) is 10.1 Å². The standard InChI is InChI=1S/C13H20FNO/c1-2-3-4-5-6-9-16-13-10-11(14)7-8-12(13)15/h7-8,10H,2-6,9,15H2,1H3. The number of rotatable bonds is 7. The van der Waals surface area contributed by atoms with Gasteiger partial charge in [-0.2, -0.15) is 0 Å². The van der Waals surface area contributed by atoms with E-state index in [0.717, 1.165) is 12.8 Å². The Bertz CT molecular complexity index is 315. The molecule has 0 amide bonds. The molecule has 2 nitrogen and oxygen atoms in total. The highest BCUT2D eigenvalue weighted by molar-refractivity contribution is 5.52. The third kappa shape index (κ3) is 4.51. The summed E-state index contributed by atoms with van der Waals surface area (Å²) in [5.41, 5.74) is 6.16. The van der Waals surface area contributed by atoms with E-state index in [1.807, 2.05) is 0 Å². The second kappa shape index (κ2) is 7.09. The summed E-state index contributed by atoms with van der Waals surface area (Å²) in [6, 6.07) is 4.20. The maximum Gasteiger partial charge on any atom is 0.145 e. The van der Waals surface area contributed by atoms with E-state index >= 15 is 0 Å². The summed E-state index contributed by atoms with van der Waals surface area (Å²) >= 11 is 0. The van der Waals surface area contributed by atoms with E-state index in [1.165, 1.54) is 37.5 Å². The summed E-state index contributed by atoms with van der Waals surface area (Å²) in [5.74, 6) is 0.144. The Morgan fingerprint density at radius 2 is 1.94 bits per heavy atom. The van der Waals surface area contributed by atoms with Crippen LogP contribution in [0.5, 0.6) is 5.75 Å². The zero-order valence-corrected chi connectivity index (χ0v) is 9.84. The van der Waals surface area contributed by atoms with Gasteiger partial charge in [-0.05, 0) is 18.6 Å². The number of nitrogens with two attached hydrogens (primary N) is 1. The van der Waals surface area contributed by atoms with Gasteiger partial charge in [-0.1, -0.05) is 32.6 Å². The first-order chi connectivity index (χ1) is 7.74. The van der Waals surface area contributed by atoms with Crippen LogP contribution in [-0.4, -0.2) is 6.61 Å². The minimum absolute atomic E-state index is 0.310. The molecule has 0 atom stereocenters. The maximum atomic E-state index is 12.9. The Kier molecular flexibility index (Phi) is 5.68. The first-order valence-electron chi connectivity index (χ1n) is 5.92. The Morgan fingerprint density at radius 3 is 2.69 bits per heavy atom. The molecule has 0 aliphatic rings. The lowest BCUT2D eigenvalue weighted by atomic mass is 10.2. The molecule has 0 aromatic heterocycles. The molecule has 1 rings (SSSR count). The first-order valence-corrected chi connectivity index (χ1v) is 5.92. The van der Waals surface area contributed by atoms with Crippen molar-refractivity contribution in [3.8, 4) is 5.75 Å². The van der Waals surface area contributed by atoms with Crippen LogP contribution in [0.2, 0.25) is 0 Å². The SMILES string of the molecule is CCCCCCCOc1cc(F)ccc1N. The van der Waals surface area contributed by atoms with E-state index in [0.29, 0.717) is 18.0 Å². The highest BCUT2D eigenvalue weighted by Gasteiger charge is 2.01. The molecule has 16 heavy (non-hydrogen) atoms. The molecule has 0 unspecified atom stereocenters. The molecule has 0 heterocycles. The van der Waals surface area contributed by atoms with Gasteiger partial charge in [0.15, 0.2) is 0 Å². The van der Waals surface area contributed by atoms with Crippen molar-refractivity contribution in [2.24, 2.45) is 0 Å². The molecule has 0 fully saturated rings. The van der Waals surface area contributed by atoms with Crippen LogP contribution in [0, 0.1) is 5.82 Å². The van der Waals surface area contributed by atoms with Crippen LogP contribution in [-0.2, 0) is 0 Å². The minimum atomic E-state index is -0.310. The second-order valence-electron chi connectivity index (χ2n) is 3.94. The number of anilines is 1. The summed E-state index contributed by atoms with van der Waals surface area (Å²) in [5, 5.41) is 0. The van der Waals surface area contributed by atoms with Crippen LogP contribution in [0.3, 0.4) is 0 Å². The fourth-order valence-electron chi connectivity index (χ4n) is 1.52. The highest BCUT2D eigenvalue weighted by atomic mass is 19.1. The van der Waals surface area contributed by atoms with Gasteiger partial charge in [0.05, 0.1) is 12.3 Å². The van der Waals surface area contributed by atoms with Crippen LogP contribution in [0.1, 0.15) is 39.0 Å². The van der Waals surface area contributed by atoms with E-state index in [2.05, 4.69) is 6.92 Å². The van der Waals surface area contributed by atoms with Crippen molar-refractivity contribution >= 4 is 5.69 Å². The molecular weight excluding hydrogens is 205 g/mol. The monoisotopic (exact) mass is 225 g/mol. The molecule has 3 heteroatoms. The van der Waals surface area contributed by atoms with Crippen molar-refractivity contribution in [1.29, 1.82) is 0 Å². The van der Waals surface area contributed by atoms with E-state index in [9.17, 15) is 4.39 Å². The number of halogens is 1. The fraction of sp³-hybridized carbons (Fsp3) is 0.538. The van der Waals surface area contributed by atoms with Crippen molar-refractivity contribution in [2.45, 2.75) is 39.0 Å². The third-order valence-electron chi connectivity index (χ3n) is 2.48. The minimum Gasteiger partial charge on any atom is -0.491 e. The van der Waals surface area contributed by atoms with Gasteiger partial charge in [-0.15, -0.1) is 0 Å². The lowest BCUT2D eigenvalue weighted by Gasteiger charge is -2.08. The van der Waals surface area contributed by atoms with Crippen LogP contribution < -0.4 is 10.5 Å². The molecule has 0 spiro atoms. The predicted molar refractivity (Wildman–Crippen MR) is 65.1 cm³/mol. The van der Waals surface area contributed by atoms with Gasteiger partial charge < -0.3 is 10.5 Å². The number of nitrogen functional groups attached to an aromatic ring is 1.